The van der Waals surface area contributed by atoms with Crippen LogP contribution in [-0.4, -0.2) is 24.0 Å². The van der Waals surface area contributed by atoms with E-state index in [4.69, 9.17) is 16.3 Å². The molecule has 0 saturated heterocycles. The van der Waals surface area contributed by atoms with Crippen LogP contribution in [0.2, 0.25) is 5.02 Å². The number of aromatic nitrogens is 1. The first kappa shape index (κ1) is 18.4. The predicted molar refractivity (Wildman–Crippen MR) is 105 cm³/mol. The van der Waals surface area contributed by atoms with Crippen molar-refractivity contribution in [1.29, 1.82) is 0 Å². The van der Waals surface area contributed by atoms with Gasteiger partial charge in [0.25, 0.3) is 5.91 Å². The van der Waals surface area contributed by atoms with Crippen LogP contribution < -0.4 is 10.6 Å². The van der Waals surface area contributed by atoms with Crippen molar-refractivity contribution in [2.75, 3.05) is 17.7 Å². The number of benzene rings is 2. The largest absolute Gasteiger partial charge is 0.465 e. The summed E-state index contributed by atoms with van der Waals surface area (Å²) in [5.74, 6) is -0.766. The highest BCUT2D eigenvalue weighted by molar-refractivity contribution is 6.30. The number of hydrogen-bond donors (Lipinski definition) is 2. The van der Waals surface area contributed by atoms with Crippen LogP contribution in [0.4, 0.5) is 17.1 Å². The maximum atomic E-state index is 12.4. The number of methoxy groups -OCH3 is 1. The molecule has 0 aliphatic rings. The van der Waals surface area contributed by atoms with E-state index >= 15 is 0 Å². The zero-order valence-corrected chi connectivity index (χ0v) is 15.2. The lowest BCUT2D eigenvalue weighted by Crippen LogP contribution is -2.12. The third kappa shape index (κ3) is 4.62. The fraction of sp³-hybridized carbons (Fsp3) is 0.0500. The molecule has 0 radical (unpaired) electrons. The van der Waals surface area contributed by atoms with Gasteiger partial charge in [-0.15, -0.1) is 0 Å². The van der Waals surface area contributed by atoms with Crippen molar-refractivity contribution in [2.45, 2.75) is 0 Å². The minimum atomic E-state index is -0.456. The topological polar surface area (TPSA) is 80.3 Å². The summed E-state index contributed by atoms with van der Waals surface area (Å²) in [5.41, 5.74) is 2.50. The first-order chi connectivity index (χ1) is 13.1. The van der Waals surface area contributed by atoms with Crippen molar-refractivity contribution in [2.24, 2.45) is 0 Å². The van der Waals surface area contributed by atoms with Gasteiger partial charge in [-0.1, -0.05) is 23.7 Å². The summed E-state index contributed by atoms with van der Waals surface area (Å²) in [7, 11) is 1.32. The van der Waals surface area contributed by atoms with E-state index in [1.54, 1.807) is 60.8 Å². The quantitative estimate of drug-likeness (QED) is 0.635. The van der Waals surface area contributed by atoms with Crippen LogP contribution >= 0.6 is 11.6 Å². The highest BCUT2D eigenvalue weighted by Crippen LogP contribution is 2.22. The van der Waals surface area contributed by atoms with Crippen molar-refractivity contribution in [3.63, 3.8) is 0 Å². The average Bonchev–Trinajstić information content (AvgIpc) is 2.70. The van der Waals surface area contributed by atoms with E-state index in [-0.39, 0.29) is 5.91 Å². The first-order valence-corrected chi connectivity index (χ1v) is 8.41. The molecular weight excluding hydrogens is 366 g/mol. The normalized spacial score (nSPS) is 10.1. The third-order valence-electron chi connectivity index (χ3n) is 3.71. The summed E-state index contributed by atoms with van der Waals surface area (Å²) in [4.78, 5) is 28.4. The molecule has 0 fully saturated rings. The van der Waals surface area contributed by atoms with E-state index in [2.05, 4.69) is 15.6 Å². The van der Waals surface area contributed by atoms with E-state index in [9.17, 15) is 9.59 Å². The maximum absolute atomic E-state index is 12.4. The molecule has 0 bridgehead atoms. The highest BCUT2D eigenvalue weighted by atomic mass is 35.5. The summed E-state index contributed by atoms with van der Waals surface area (Å²) in [6.07, 6.45) is 3.02. The van der Waals surface area contributed by atoms with Gasteiger partial charge in [-0.25, -0.2) is 4.79 Å². The van der Waals surface area contributed by atoms with Crippen LogP contribution in [0.3, 0.4) is 0 Å². The minimum absolute atomic E-state index is 0.310. The molecule has 0 unspecified atom stereocenters. The van der Waals surface area contributed by atoms with Crippen LogP contribution in [0.15, 0.2) is 67.0 Å². The van der Waals surface area contributed by atoms with Crippen LogP contribution in [0.25, 0.3) is 0 Å². The van der Waals surface area contributed by atoms with E-state index in [1.807, 2.05) is 0 Å². The second-order valence-electron chi connectivity index (χ2n) is 5.59. The number of nitrogens with one attached hydrogen (secondary N) is 2. The van der Waals surface area contributed by atoms with E-state index in [1.165, 1.54) is 13.3 Å². The van der Waals surface area contributed by atoms with Crippen LogP contribution in [0.5, 0.6) is 0 Å². The van der Waals surface area contributed by atoms with Gasteiger partial charge in [0.15, 0.2) is 0 Å². The van der Waals surface area contributed by atoms with Gasteiger partial charge in [-0.05, 0) is 42.5 Å². The van der Waals surface area contributed by atoms with Crippen LogP contribution in [0.1, 0.15) is 20.7 Å². The fourth-order valence-electron chi connectivity index (χ4n) is 2.40. The molecular formula is C20H16ClN3O3. The molecule has 1 amide bonds. The molecule has 136 valence electrons. The molecule has 0 aliphatic carbocycles. The van der Waals surface area contributed by atoms with Gasteiger partial charge in [0.05, 0.1) is 35.8 Å². The number of hydrogen-bond acceptors (Lipinski definition) is 5. The molecule has 2 aromatic carbocycles. The molecule has 27 heavy (non-hydrogen) atoms. The number of para-hydroxylation sites is 1. The summed E-state index contributed by atoms with van der Waals surface area (Å²) in [6, 6.07) is 15.4. The molecule has 1 aromatic heterocycles. The Morgan fingerprint density at radius 1 is 1.00 bits per heavy atom. The van der Waals surface area contributed by atoms with Crippen molar-refractivity contribution in [3.8, 4) is 0 Å². The zero-order valence-electron chi connectivity index (χ0n) is 14.4. The number of carbonyl (C=O) groups excluding carboxylic acids is 2. The van der Waals surface area contributed by atoms with Gasteiger partial charge in [0.1, 0.15) is 0 Å². The molecule has 3 rings (SSSR count). The molecule has 3 aromatic rings. The number of nitrogens with zero attached hydrogens (tertiary/aromatic N) is 1. The van der Waals surface area contributed by atoms with Gasteiger partial charge < -0.3 is 15.4 Å². The zero-order chi connectivity index (χ0) is 19.2. The smallest absolute Gasteiger partial charge is 0.339 e. The second kappa shape index (κ2) is 8.33. The fourth-order valence-corrected chi connectivity index (χ4v) is 2.53. The van der Waals surface area contributed by atoms with Crippen LogP contribution in [0, 0.1) is 0 Å². The molecule has 0 saturated carbocycles. The lowest BCUT2D eigenvalue weighted by Gasteiger charge is -2.11. The Balaban J connectivity index is 1.79. The third-order valence-corrected chi connectivity index (χ3v) is 3.97. The average molecular weight is 382 g/mol. The maximum Gasteiger partial charge on any atom is 0.339 e. The molecule has 2 N–H and O–H groups in total. The van der Waals surface area contributed by atoms with Crippen LogP contribution in [-0.2, 0) is 4.74 Å². The Bertz CT molecular complexity index is 974. The predicted octanol–water partition coefficient (Wildman–Crippen LogP) is 4.52. The Labute approximate surface area is 161 Å². The molecule has 1 heterocycles. The number of pyridine rings is 1. The summed E-state index contributed by atoms with van der Waals surface area (Å²) in [5, 5.41) is 6.46. The lowest BCUT2D eigenvalue weighted by molar-refractivity contribution is 0.0601. The Hall–Kier alpha value is -3.38. The molecule has 0 aliphatic heterocycles. The monoisotopic (exact) mass is 381 g/mol. The van der Waals surface area contributed by atoms with Gasteiger partial charge >= 0.3 is 5.97 Å². The van der Waals surface area contributed by atoms with Crippen molar-refractivity contribution in [1.82, 2.24) is 4.98 Å². The van der Waals surface area contributed by atoms with Crippen molar-refractivity contribution in [3.05, 3.63) is 83.1 Å². The number of amides is 1. The number of ether oxygens (including phenoxy) is 1. The highest BCUT2D eigenvalue weighted by Gasteiger charge is 2.12. The second-order valence-corrected chi connectivity index (χ2v) is 6.02. The van der Waals surface area contributed by atoms with E-state index in [0.29, 0.717) is 33.2 Å². The summed E-state index contributed by atoms with van der Waals surface area (Å²) < 4.78 is 4.78. The van der Waals surface area contributed by atoms with Gasteiger partial charge in [0, 0.05) is 16.9 Å². The molecule has 6 nitrogen and oxygen atoms in total. The Morgan fingerprint density at radius 2 is 1.74 bits per heavy atom. The summed E-state index contributed by atoms with van der Waals surface area (Å²) >= 11 is 5.84. The molecule has 0 spiro atoms. The first-order valence-electron chi connectivity index (χ1n) is 8.03. The minimum Gasteiger partial charge on any atom is -0.465 e. The Morgan fingerprint density at radius 3 is 2.48 bits per heavy atom. The van der Waals surface area contributed by atoms with Crippen molar-refractivity contribution >= 4 is 40.5 Å². The molecule has 0 atom stereocenters. The number of rotatable bonds is 5. The van der Waals surface area contributed by atoms with Gasteiger partial charge in [-0.2, -0.15) is 0 Å². The lowest BCUT2D eigenvalue weighted by atomic mass is 10.1. The van der Waals surface area contributed by atoms with Gasteiger partial charge in [-0.3, -0.25) is 9.78 Å². The van der Waals surface area contributed by atoms with E-state index < -0.39 is 5.97 Å². The number of carbonyl (C=O) groups is 2. The van der Waals surface area contributed by atoms with E-state index in [0.717, 1.165) is 0 Å². The number of anilines is 3. The van der Waals surface area contributed by atoms with Crippen molar-refractivity contribution < 1.29 is 14.3 Å². The summed E-state index contributed by atoms with van der Waals surface area (Å²) in [6.45, 7) is 0. The Kier molecular flexibility index (Phi) is 5.68. The van der Waals surface area contributed by atoms with Gasteiger partial charge in [0.2, 0.25) is 0 Å². The number of esters is 1. The standard InChI is InChI=1S/C20H16ClN3O3/c1-27-20(26)17-4-2-3-5-18(17)23-16-10-13(11-22-12-16)19(25)24-15-8-6-14(21)7-9-15/h2-12,23H,1H3,(H,24,25). The molecule has 7 heteroatoms. The SMILES string of the molecule is COC(=O)c1ccccc1Nc1cncc(C(=O)Nc2ccc(Cl)cc2)c1. The number of halogens is 1.